The highest BCUT2D eigenvalue weighted by molar-refractivity contribution is 7.19. The third-order valence-electron chi connectivity index (χ3n) is 11.2. The van der Waals surface area contributed by atoms with E-state index in [4.69, 9.17) is 0 Å². The molecular formula is C49H47BN2. The summed E-state index contributed by atoms with van der Waals surface area (Å²) < 4.78 is 2.71. The van der Waals surface area contributed by atoms with Crippen molar-refractivity contribution in [3.8, 4) is 0 Å². The predicted octanol–water partition coefficient (Wildman–Crippen LogP) is 11.2. The molecule has 0 saturated heterocycles. The van der Waals surface area contributed by atoms with Gasteiger partial charge in [-0.1, -0.05) is 168 Å². The van der Waals surface area contributed by atoms with E-state index in [1.54, 1.807) is 0 Å². The number of aryl methyl sites for hydroxylation is 6. The highest BCUT2D eigenvalue weighted by Crippen LogP contribution is 2.52. The van der Waals surface area contributed by atoms with Crippen molar-refractivity contribution in [1.82, 2.24) is 0 Å². The first-order chi connectivity index (χ1) is 25.3. The third-order valence-corrected chi connectivity index (χ3v) is 11.2. The molecule has 0 amide bonds. The minimum atomic E-state index is -1.41. The van der Waals surface area contributed by atoms with Crippen LogP contribution in [-0.2, 0) is 0 Å². The number of anilines is 1. The molecule has 2 aliphatic rings. The van der Waals surface area contributed by atoms with Crippen LogP contribution in [0.25, 0.3) is 22.1 Å². The van der Waals surface area contributed by atoms with Crippen molar-refractivity contribution >= 4 is 45.9 Å². The van der Waals surface area contributed by atoms with Crippen LogP contribution < -0.4 is 4.90 Å². The summed E-state index contributed by atoms with van der Waals surface area (Å²) in [6.07, 6.45) is 0. The summed E-state index contributed by atoms with van der Waals surface area (Å²) in [7, 11) is 0. The molecule has 6 aromatic rings. The lowest BCUT2D eigenvalue weighted by Gasteiger charge is -2.32. The topological polar surface area (TPSA) is 6.25 Å². The Bertz CT molecular complexity index is 2240. The van der Waals surface area contributed by atoms with Gasteiger partial charge in [0.15, 0.2) is 6.71 Å². The molecule has 0 unspecified atom stereocenters. The molecule has 0 fully saturated rings. The lowest BCUT2D eigenvalue weighted by atomic mass is 9.37. The Labute approximate surface area is 310 Å². The number of hydrogen-bond donors (Lipinski definition) is 0. The molecular weight excluding hydrogens is 627 g/mol. The van der Waals surface area contributed by atoms with Gasteiger partial charge in [0.05, 0.1) is 5.73 Å². The molecule has 6 aromatic carbocycles. The number of hydrogen-bond acceptors (Lipinski definition) is 1. The summed E-state index contributed by atoms with van der Waals surface area (Å²) >= 11 is 0. The third kappa shape index (κ3) is 5.85. The fourth-order valence-electron chi connectivity index (χ4n) is 9.63. The van der Waals surface area contributed by atoms with Gasteiger partial charge in [-0.2, -0.15) is 10.9 Å². The van der Waals surface area contributed by atoms with Gasteiger partial charge < -0.3 is 0 Å². The molecule has 0 saturated carbocycles. The van der Waals surface area contributed by atoms with Gasteiger partial charge in [0.2, 0.25) is 0 Å². The second-order valence-corrected chi connectivity index (χ2v) is 14.9. The number of rotatable bonds is 7. The Kier molecular flexibility index (Phi) is 8.89. The van der Waals surface area contributed by atoms with Gasteiger partial charge in [-0.15, -0.1) is 0 Å². The van der Waals surface area contributed by atoms with Gasteiger partial charge in [-0.3, -0.25) is 9.48 Å². The van der Waals surface area contributed by atoms with Crippen molar-refractivity contribution in [2.24, 2.45) is 0 Å². The molecule has 3 heteroatoms. The minimum Gasteiger partial charge on any atom is -0.263 e. The molecule has 2 nitrogen and oxygen atoms in total. The molecule has 0 N–H and O–H groups in total. The number of amidine groups is 1. The lowest BCUT2D eigenvalue weighted by molar-refractivity contribution is -0.427. The van der Waals surface area contributed by atoms with Crippen molar-refractivity contribution in [2.75, 3.05) is 18.0 Å². The van der Waals surface area contributed by atoms with Crippen LogP contribution in [0.15, 0.2) is 146 Å². The fraction of sp³-hybridized carbons (Fsp3) is 0.163. The Morgan fingerprint density at radius 2 is 0.827 bits per heavy atom. The summed E-state index contributed by atoms with van der Waals surface area (Å²) in [4.78, 5) is 2.71. The predicted molar refractivity (Wildman–Crippen MR) is 225 cm³/mol. The van der Waals surface area contributed by atoms with Crippen LogP contribution in [0, 0.1) is 41.5 Å². The lowest BCUT2D eigenvalue weighted by Crippen LogP contribution is -2.44. The molecule has 0 aromatic heterocycles. The van der Waals surface area contributed by atoms with Gasteiger partial charge in [0.25, 0.3) is 0 Å². The normalized spacial score (nSPS) is 15.0. The maximum absolute atomic E-state index is 2.71. The molecule has 0 atom stereocenters. The SMILES string of the molecule is Cc1cc(C)c(N2CC[N+](c3c(C)cc(C)cc3C)=C2[BH-]2C(c3ccccc3)=C(c3ccccc3)C(c3ccccc3)=C2c2ccccc2)c(C)c1. The summed E-state index contributed by atoms with van der Waals surface area (Å²) in [6, 6.07) is 54.2. The van der Waals surface area contributed by atoms with Crippen LogP contribution in [-0.4, -0.2) is 30.1 Å². The molecule has 8 rings (SSSR count). The Morgan fingerprint density at radius 3 is 1.23 bits per heavy atom. The first-order valence-corrected chi connectivity index (χ1v) is 18.8. The average molecular weight is 675 g/mol. The van der Waals surface area contributed by atoms with Gasteiger partial charge in [0, 0.05) is 0 Å². The van der Waals surface area contributed by atoms with E-state index in [1.807, 2.05) is 0 Å². The molecule has 2 heterocycles. The molecule has 2 aliphatic heterocycles. The molecule has 0 aliphatic carbocycles. The van der Waals surface area contributed by atoms with E-state index >= 15 is 0 Å². The van der Waals surface area contributed by atoms with Crippen LogP contribution in [0.2, 0.25) is 0 Å². The summed E-state index contributed by atoms with van der Waals surface area (Å²) in [5.74, 6) is 0. The van der Waals surface area contributed by atoms with Crippen LogP contribution in [0.4, 0.5) is 11.4 Å². The first-order valence-electron chi connectivity index (χ1n) is 18.8. The van der Waals surface area contributed by atoms with E-state index in [0.29, 0.717) is 0 Å². The van der Waals surface area contributed by atoms with E-state index in [-0.39, 0.29) is 0 Å². The quantitative estimate of drug-likeness (QED) is 0.121. The maximum atomic E-state index is 2.71. The molecule has 0 bridgehead atoms. The van der Waals surface area contributed by atoms with Crippen molar-refractivity contribution in [3.05, 3.63) is 201 Å². The molecule has 52 heavy (non-hydrogen) atoms. The van der Waals surface area contributed by atoms with Gasteiger partial charge in [-0.25, -0.2) is 0 Å². The summed E-state index contributed by atoms with van der Waals surface area (Å²) in [5, 5.41) is 0. The summed E-state index contributed by atoms with van der Waals surface area (Å²) in [6.45, 7) is 14.1. The zero-order valence-corrected chi connectivity index (χ0v) is 31.4. The van der Waals surface area contributed by atoms with Crippen LogP contribution >= 0.6 is 0 Å². The Morgan fingerprint density at radius 1 is 0.462 bits per heavy atom. The van der Waals surface area contributed by atoms with Crippen LogP contribution in [0.3, 0.4) is 0 Å². The van der Waals surface area contributed by atoms with E-state index in [2.05, 4.69) is 197 Å². The van der Waals surface area contributed by atoms with Gasteiger partial charge in [0.1, 0.15) is 24.5 Å². The van der Waals surface area contributed by atoms with Crippen molar-refractivity contribution in [2.45, 2.75) is 41.5 Å². The number of benzene rings is 6. The Hall–Kier alpha value is -5.67. The highest BCUT2D eigenvalue weighted by atomic mass is 15.3. The first kappa shape index (κ1) is 33.5. The molecule has 0 spiro atoms. The second-order valence-electron chi connectivity index (χ2n) is 14.9. The van der Waals surface area contributed by atoms with E-state index in [1.165, 1.54) is 94.8 Å². The fourth-order valence-corrected chi connectivity index (χ4v) is 9.63. The average Bonchev–Trinajstić information content (AvgIpc) is 3.71. The zero-order chi connectivity index (χ0) is 35.9. The monoisotopic (exact) mass is 674 g/mol. The number of allylic oxidation sites excluding steroid dienone is 2. The molecule has 256 valence electrons. The number of nitrogens with zero attached hydrogens (tertiary/aromatic N) is 2. The molecule has 0 radical (unpaired) electrons. The van der Waals surface area contributed by atoms with Gasteiger partial charge in [-0.05, 0) is 86.1 Å². The van der Waals surface area contributed by atoms with Crippen molar-refractivity contribution in [1.29, 1.82) is 0 Å². The van der Waals surface area contributed by atoms with Crippen molar-refractivity contribution < 1.29 is 4.58 Å². The van der Waals surface area contributed by atoms with Crippen molar-refractivity contribution in [3.63, 3.8) is 0 Å². The highest BCUT2D eigenvalue weighted by Gasteiger charge is 2.43. The van der Waals surface area contributed by atoms with Gasteiger partial charge >= 0.3 is 0 Å². The van der Waals surface area contributed by atoms with E-state index in [9.17, 15) is 0 Å². The zero-order valence-electron chi connectivity index (χ0n) is 31.4. The van der Waals surface area contributed by atoms with Crippen LogP contribution in [0.1, 0.15) is 55.6 Å². The largest absolute Gasteiger partial charge is 0.263 e. The maximum Gasteiger partial charge on any atom is 0.163 e. The van der Waals surface area contributed by atoms with Crippen LogP contribution in [0.5, 0.6) is 0 Å². The summed E-state index contributed by atoms with van der Waals surface area (Å²) in [5.41, 5.74) is 22.6. The Balaban J connectivity index is 1.57. The standard InChI is InChI=1S/C49H47BN2/c1-33-29-35(3)47(36(4)30-33)51-27-28-52(48-37(5)31-34(2)32-38(48)6)49(51)50-45(41-23-15-9-16-24-41)43(39-19-11-7-12-20-39)44(40-21-13-8-14-22-40)46(50)42-25-17-10-18-26-42/h7-26,29-32,50H,27-28H2,1-6H3. The van der Waals surface area contributed by atoms with E-state index < -0.39 is 6.71 Å². The minimum absolute atomic E-state index is 0.918. The van der Waals surface area contributed by atoms with E-state index in [0.717, 1.165) is 13.1 Å². The smallest absolute Gasteiger partial charge is 0.163 e. The second kappa shape index (κ2) is 13.8.